The SMILES string of the molecule is C[C@@H]1O[C@@H](OCCO[C@@H]2O[C@H](CO)[C@H](O)[C@H](O)[C@H]2O)[C@@H](O)[C@H](O)[C@@H]1O. The van der Waals surface area contributed by atoms with Gasteiger partial charge in [-0.05, 0) is 6.92 Å². The van der Waals surface area contributed by atoms with E-state index in [0.717, 1.165) is 0 Å². The third kappa shape index (κ3) is 4.64. The van der Waals surface area contributed by atoms with E-state index < -0.39 is 68.0 Å². The van der Waals surface area contributed by atoms with E-state index in [-0.39, 0.29) is 13.2 Å². The first-order valence-corrected chi connectivity index (χ1v) is 8.01. The van der Waals surface area contributed by atoms with Crippen LogP contribution in [-0.2, 0) is 18.9 Å². The van der Waals surface area contributed by atoms with Crippen molar-refractivity contribution in [1.29, 1.82) is 0 Å². The lowest BCUT2D eigenvalue weighted by atomic mass is 9.99. The summed E-state index contributed by atoms with van der Waals surface area (Å²) in [5.74, 6) is 0. The van der Waals surface area contributed by atoms with Gasteiger partial charge in [0, 0.05) is 0 Å². The number of ether oxygens (including phenoxy) is 4. The third-order valence-electron chi connectivity index (χ3n) is 4.30. The standard InChI is InChI=1S/C14H26O11/c1-5-7(16)9(18)11(20)13(24-5)22-2-3-23-14-12(21)10(19)8(17)6(4-15)25-14/h5-21H,2-4H2,1H3/t5-,6+,7+,8-,9+,10-,11-,12+,13+,14+/m0/s1. The van der Waals surface area contributed by atoms with E-state index >= 15 is 0 Å². The van der Waals surface area contributed by atoms with Crippen LogP contribution in [0.2, 0.25) is 0 Å². The van der Waals surface area contributed by atoms with E-state index in [4.69, 9.17) is 24.1 Å². The number of hydrogen-bond acceptors (Lipinski definition) is 11. The van der Waals surface area contributed by atoms with Gasteiger partial charge in [-0.15, -0.1) is 0 Å². The highest BCUT2D eigenvalue weighted by Crippen LogP contribution is 2.23. The summed E-state index contributed by atoms with van der Waals surface area (Å²) in [4.78, 5) is 0. The fourth-order valence-corrected chi connectivity index (χ4v) is 2.68. The zero-order valence-corrected chi connectivity index (χ0v) is 13.7. The van der Waals surface area contributed by atoms with Crippen LogP contribution in [0.3, 0.4) is 0 Å². The van der Waals surface area contributed by atoms with Gasteiger partial charge in [-0.3, -0.25) is 0 Å². The van der Waals surface area contributed by atoms with Gasteiger partial charge >= 0.3 is 0 Å². The van der Waals surface area contributed by atoms with Crippen LogP contribution in [0.5, 0.6) is 0 Å². The first-order valence-electron chi connectivity index (χ1n) is 8.01. The van der Waals surface area contributed by atoms with E-state index in [2.05, 4.69) is 0 Å². The summed E-state index contributed by atoms with van der Waals surface area (Å²) < 4.78 is 20.8. The predicted octanol–water partition coefficient (Wildman–Crippen LogP) is -4.35. The van der Waals surface area contributed by atoms with Crippen LogP contribution in [0.4, 0.5) is 0 Å². The number of rotatable bonds is 6. The molecule has 148 valence electrons. The average molecular weight is 370 g/mol. The molecule has 0 aliphatic carbocycles. The Kier molecular flexibility index (Phi) is 7.49. The lowest BCUT2D eigenvalue weighted by Crippen LogP contribution is -2.59. The van der Waals surface area contributed by atoms with Crippen molar-refractivity contribution in [3.05, 3.63) is 0 Å². The quantitative estimate of drug-likeness (QED) is 0.225. The molecule has 0 aromatic carbocycles. The summed E-state index contributed by atoms with van der Waals surface area (Å²) in [6.45, 7) is 0.691. The molecule has 0 aromatic heterocycles. The summed E-state index contributed by atoms with van der Waals surface area (Å²) in [7, 11) is 0. The van der Waals surface area contributed by atoms with Gasteiger partial charge in [0.25, 0.3) is 0 Å². The smallest absolute Gasteiger partial charge is 0.186 e. The van der Waals surface area contributed by atoms with Gasteiger partial charge < -0.3 is 54.7 Å². The predicted molar refractivity (Wildman–Crippen MR) is 78.0 cm³/mol. The summed E-state index contributed by atoms with van der Waals surface area (Å²) >= 11 is 0. The van der Waals surface area contributed by atoms with Crippen molar-refractivity contribution < 1.29 is 54.7 Å². The Bertz CT molecular complexity index is 408. The normalized spacial score (nSPS) is 48.5. The molecule has 0 unspecified atom stereocenters. The number of aliphatic hydroxyl groups excluding tert-OH is 7. The lowest BCUT2D eigenvalue weighted by Gasteiger charge is -2.40. The van der Waals surface area contributed by atoms with Crippen LogP contribution in [0, 0.1) is 0 Å². The topological polar surface area (TPSA) is 179 Å². The molecule has 2 fully saturated rings. The van der Waals surface area contributed by atoms with Crippen molar-refractivity contribution in [3.8, 4) is 0 Å². The van der Waals surface area contributed by atoms with Crippen LogP contribution in [-0.4, -0.2) is 117 Å². The van der Waals surface area contributed by atoms with Gasteiger partial charge in [-0.2, -0.15) is 0 Å². The summed E-state index contributed by atoms with van der Waals surface area (Å²) in [5, 5.41) is 67.2. The molecule has 7 N–H and O–H groups in total. The van der Waals surface area contributed by atoms with Crippen molar-refractivity contribution in [2.24, 2.45) is 0 Å². The Morgan fingerprint density at radius 3 is 1.68 bits per heavy atom. The van der Waals surface area contributed by atoms with Gasteiger partial charge in [0.05, 0.1) is 25.9 Å². The summed E-state index contributed by atoms with van der Waals surface area (Å²) in [5.41, 5.74) is 0. The van der Waals surface area contributed by atoms with Gasteiger partial charge in [-0.25, -0.2) is 0 Å². The molecule has 2 aliphatic heterocycles. The highest BCUT2D eigenvalue weighted by Gasteiger charge is 2.44. The van der Waals surface area contributed by atoms with E-state index in [9.17, 15) is 30.6 Å². The second-order valence-electron chi connectivity index (χ2n) is 6.12. The Morgan fingerprint density at radius 1 is 0.680 bits per heavy atom. The Morgan fingerprint density at radius 2 is 1.16 bits per heavy atom. The van der Waals surface area contributed by atoms with Gasteiger partial charge in [0.1, 0.15) is 42.7 Å². The lowest BCUT2D eigenvalue weighted by molar-refractivity contribution is -0.314. The molecule has 10 atom stereocenters. The fraction of sp³-hybridized carbons (Fsp3) is 1.00. The average Bonchev–Trinajstić information content (AvgIpc) is 2.60. The monoisotopic (exact) mass is 370 g/mol. The van der Waals surface area contributed by atoms with E-state index in [1.807, 2.05) is 0 Å². The Balaban J connectivity index is 1.77. The summed E-state index contributed by atoms with van der Waals surface area (Å²) in [6.07, 6.45) is -12.9. The van der Waals surface area contributed by atoms with Gasteiger partial charge in [0.15, 0.2) is 12.6 Å². The van der Waals surface area contributed by atoms with Crippen LogP contribution in [0.25, 0.3) is 0 Å². The molecule has 0 radical (unpaired) electrons. The zero-order valence-electron chi connectivity index (χ0n) is 13.7. The van der Waals surface area contributed by atoms with E-state index in [0.29, 0.717) is 0 Å². The number of hydrogen-bond donors (Lipinski definition) is 7. The maximum absolute atomic E-state index is 9.80. The highest BCUT2D eigenvalue weighted by atomic mass is 16.7. The van der Waals surface area contributed by atoms with E-state index in [1.54, 1.807) is 0 Å². The molecular formula is C14H26O11. The molecule has 2 rings (SSSR count). The molecule has 0 aromatic rings. The van der Waals surface area contributed by atoms with Crippen molar-refractivity contribution in [3.63, 3.8) is 0 Å². The molecule has 0 bridgehead atoms. The van der Waals surface area contributed by atoms with Crippen LogP contribution >= 0.6 is 0 Å². The van der Waals surface area contributed by atoms with Crippen LogP contribution < -0.4 is 0 Å². The highest BCUT2D eigenvalue weighted by molar-refractivity contribution is 4.89. The minimum Gasteiger partial charge on any atom is -0.394 e. The van der Waals surface area contributed by atoms with Gasteiger partial charge in [0.2, 0.25) is 0 Å². The molecule has 11 nitrogen and oxygen atoms in total. The minimum absolute atomic E-state index is 0.119. The maximum Gasteiger partial charge on any atom is 0.186 e. The fourth-order valence-electron chi connectivity index (χ4n) is 2.68. The van der Waals surface area contributed by atoms with Crippen LogP contribution in [0.1, 0.15) is 6.92 Å². The third-order valence-corrected chi connectivity index (χ3v) is 4.30. The first-order chi connectivity index (χ1) is 11.8. The molecule has 2 heterocycles. The second-order valence-corrected chi connectivity index (χ2v) is 6.12. The maximum atomic E-state index is 9.80. The minimum atomic E-state index is -1.54. The second kappa shape index (κ2) is 8.97. The van der Waals surface area contributed by atoms with Crippen LogP contribution in [0.15, 0.2) is 0 Å². The molecule has 0 saturated carbocycles. The molecule has 11 heteroatoms. The van der Waals surface area contributed by atoms with Crippen molar-refractivity contribution in [2.45, 2.75) is 68.3 Å². The number of aliphatic hydroxyl groups is 7. The van der Waals surface area contributed by atoms with E-state index in [1.165, 1.54) is 6.92 Å². The molecular weight excluding hydrogens is 344 g/mol. The van der Waals surface area contributed by atoms with Crippen molar-refractivity contribution >= 4 is 0 Å². The Hall–Kier alpha value is -0.440. The molecule has 25 heavy (non-hydrogen) atoms. The van der Waals surface area contributed by atoms with Crippen molar-refractivity contribution in [1.82, 2.24) is 0 Å². The van der Waals surface area contributed by atoms with Crippen molar-refractivity contribution in [2.75, 3.05) is 19.8 Å². The van der Waals surface area contributed by atoms with Gasteiger partial charge in [-0.1, -0.05) is 0 Å². The Labute approximate surface area is 143 Å². The zero-order chi connectivity index (χ0) is 18.7. The first kappa shape index (κ1) is 20.9. The molecule has 2 aliphatic rings. The summed E-state index contributed by atoms with van der Waals surface area (Å²) in [6, 6.07) is 0. The largest absolute Gasteiger partial charge is 0.394 e. The molecule has 0 amide bonds. The molecule has 2 saturated heterocycles. The molecule has 0 spiro atoms.